The van der Waals surface area contributed by atoms with Gasteiger partial charge in [-0.2, -0.15) is 0 Å². The molecule has 1 N–H and O–H groups in total. The fourth-order valence-corrected chi connectivity index (χ4v) is 3.51. The summed E-state index contributed by atoms with van der Waals surface area (Å²) in [7, 11) is 0. The third-order valence-electron chi connectivity index (χ3n) is 4.44. The molecular formula is C17H18O4. The van der Waals surface area contributed by atoms with Gasteiger partial charge in [-0.25, -0.2) is 4.79 Å². The second-order valence-corrected chi connectivity index (χ2v) is 5.59. The minimum absolute atomic E-state index is 0.0326. The van der Waals surface area contributed by atoms with E-state index in [9.17, 15) is 14.7 Å². The Morgan fingerprint density at radius 3 is 2.76 bits per heavy atom. The predicted octanol–water partition coefficient (Wildman–Crippen LogP) is 2.12. The summed E-state index contributed by atoms with van der Waals surface area (Å²) >= 11 is 0. The van der Waals surface area contributed by atoms with E-state index in [1.165, 1.54) is 0 Å². The van der Waals surface area contributed by atoms with Gasteiger partial charge in [0.15, 0.2) is 0 Å². The average molecular weight is 286 g/mol. The molecule has 0 saturated heterocycles. The van der Waals surface area contributed by atoms with Gasteiger partial charge in [0, 0.05) is 17.6 Å². The number of carbonyl (C=O) groups is 2. The number of benzene rings is 1. The van der Waals surface area contributed by atoms with E-state index in [0.29, 0.717) is 24.0 Å². The van der Waals surface area contributed by atoms with Gasteiger partial charge in [-0.05, 0) is 25.3 Å². The Bertz CT molecular complexity index is 617. The fraction of sp³-hybridized carbons (Fsp3) is 0.412. The van der Waals surface area contributed by atoms with Crippen LogP contribution in [0, 0.1) is 5.92 Å². The van der Waals surface area contributed by atoms with Gasteiger partial charge in [0.25, 0.3) is 0 Å². The lowest BCUT2D eigenvalue weighted by atomic mass is 9.85. The summed E-state index contributed by atoms with van der Waals surface area (Å²) in [5, 5.41) is 11.0. The van der Waals surface area contributed by atoms with Crippen LogP contribution in [0.25, 0.3) is 5.57 Å². The van der Waals surface area contributed by atoms with Crippen LogP contribution < -0.4 is 0 Å². The zero-order valence-corrected chi connectivity index (χ0v) is 12.0. The van der Waals surface area contributed by atoms with Crippen LogP contribution in [0.15, 0.2) is 35.9 Å². The number of carbonyl (C=O) groups excluding carboxylic acids is 2. The number of ether oxygens (including phenoxy) is 1. The van der Waals surface area contributed by atoms with E-state index in [0.717, 1.165) is 5.56 Å². The van der Waals surface area contributed by atoms with Crippen molar-refractivity contribution in [3.05, 3.63) is 41.5 Å². The summed E-state index contributed by atoms with van der Waals surface area (Å²) in [5.41, 5.74) is 0.599. The van der Waals surface area contributed by atoms with Crippen molar-refractivity contribution in [2.24, 2.45) is 5.92 Å². The Morgan fingerprint density at radius 2 is 2.10 bits per heavy atom. The van der Waals surface area contributed by atoms with Gasteiger partial charge in [0.05, 0.1) is 12.5 Å². The predicted molar refractivity (Wildman–Crippen MR) is 77.3 cm³/mol. The first kappa shape index (κ1) is 14.0. The zero-order chi connectivity index (χ0) is 15.0. The molecule has 21 heavy (non-hydrogen) atoms. The molecule has 4 nitrogen and oxygen atoms in total. The van der Waals surface area contributed by atoms with Crippen LogP contribution in [0.1, 0.15) is 31.7 Å². The van der Waals surface area contributed by atoms with E-state index in [1.807, 2.05) is 30.3 Å². The number of fused-ring (bicyclic) bond motifs is 1. The molecule has 0 heterocycles. The van der Waals surface area contributed by atoms with Crippen LogP contribution in [0.5, 0.6) is 0 Å². The second kappa shape index (κ2) is 5.11. The van der Waals surface area contributed by atoms with E-state index in [1.54, 1.807) is 6.92 Å². The van der Waals surface area contributed by atoms with Crippen LogP contribution in [0.4, 0.5) is 0 Å². The van der Waals surface area contributed by atoms with E-state index in [2.05, 4.69) is 0 Å². The lowest BCUT2D eigenvalue weighted by Gasteiger charge is -2.26. The maximum atomic E-state index is 12.2. The SMILES string of the molecule is CCOC(=O)C1=C(c2ccccc2)[C@]2(O)CCC(=O)[C@@H]2C1. The van der Waals surface area contributed by atoms with Gasteiger partial charge < -0.3 is 9.84 Å². The highest BCUT2D eigenvalue weighted by molar-refractivity contribution is 6.05. The van der Waals surface area contributed by atoms with Crippen molar-refractivity contribution in [3.63, 3.8) is 0 Å². The topological polar surface area (TPSA) is 63.6 Å². The molecule has 1 saturated carbocycles. The number of aliphatic hydroxyl groups is 1. The largest absolute Gasteiger partial charge is 0.463 e. The number of hydrogen-bond donors (Lipinski definition) is 1. The first-order valence-corrected chi connectivity index (χ1v) is 7.29. The number of Topliss-reactive ketones (excluding diaryl/α,β-unsaturated/α-hetero) is 1. The first-order valence-electron chi connectivity index (χ1n) is 7.29. The molecule has 2 atom stereocenters. The molecule has 3 rings (SSSR count). The molecule has 0 aliphatic heterocycles. The molecular weight excluding hydrogens is 268 g/mol. The fourth-order valence-electron chi connectivity index (χ4n) is 3.51. The molecule has 0 amide bonds. The second-order valence-electron chi connectivity index (χ2n) is 5.59. The lowest BCUT2D eigenvalue weighted by Crippen LogP contribution is -2.32. The third-order valence-corrected chi connectivity index (χ3v) is 4.44. The van der Waals surface area contributed by atoms with Gasteiger partial charge in [-0.15, -0.1) is 0 Å². The highest BCUT2D eigenvalue weighted by Crippen LogP contribution is 2.53. The van der Waals surface area contributed by atoms with Crippen LogP contribution in [-0.2, 0) is 14.3 Å². The minimum Gasteiger partial charge on any atom is -0.463 e. The van der Waals surface area contributed by atoms with Crippen molar-refractivity contribution in [2.45, 2.75) is 31.8 Å². The number of hydrogen-bond acceptors (Lipinski definition) is 4. The molecule has 0 spiro atoms. The van der Waals surface area contributed by atoms with Crippen molar-refractivity contribution >= 4 is 17.3 Å². The van der Waals surface area contributed by atoms with Crippen molar-refractivity contribution in [1.82, 2.24) is 0 Å². The Labute approximate surface area is 123 Å². The monoisotopic (exact) mass is 286 g/mol. The maximum absolute atomic E-state index is 12.2. The summed E-state index contributed by atoms with van der Waals surface area (Å²) in [6.07, 6.45) is 1.02. The third kappa shape index (κ3) is 2.10. The molecule has 0 bridgehead atoms. The Balaban J connectivity index is 2.12. The number of rotatable bonds is 3. The Kier molecular flexibility index (Phi) is 3.41. The molecule has 0 aromatic heterocycles. The number of esters is 1. The standard InChI is InChI=1S/C17H18O4/c1-2-21-16(19)12-10-13-14(18)8-9-17(13,20)15(12)11-6-4-3-5-7-11/h3-7,13,20H,2,8-10H2,1H3/t13-,17-/m0/s1. The average Bonchev–Trinajstić information content (AvgIpc) is 2.94. The minimum atomic E-state index is -1.22. The molecule has 0 unspecified atom stereocenters. The molecule has 1 aromatic rings. The van der Waals surface area contributed by atoms with Gasteiger partial charge in [0.2, 0.25) is 0 Å². The van der Waals surface area contributed by atoms with Crippen molar-refractivity contribution in [2.75, 3.05) is 6.61 Å². The molecule has 0 radical (unpaired) electrons. The van der Waals surface area contributed by atoms with Gasteiger partial charge >= 0.3 is 5.97 Å². The quantitative estimate of drug-likeness (QED) is 0.864. The summed E-state index contributed by atoms with van der Waals surface area (Å²) < 4.78 is 5.10. The number of ketones is 1. The molecule has 4 heteroatoms. The van der Waals surface area contributed by atoms with Crippen LogP contribution >= 0.6 is 0 Å². The van der Waals surface area contributed by atoms with Gasteiger partial charge in [-0.3, -0.25) is 4.79 Å². The van der Waals surface area contributed by atoms with Gasteiger partial charge in [-0.1, -0.05) is 30.3 Å². The lowest BCUT2D eigenvalue weighted by molar-refractivity contribution is -0.138. The van der Waals surface area contributed by atoms with Gasteiger partial charge in [0.1, 0.15) is 11.4 Å². The molecule has 2 aliphatic rings. The first-order chi connectivity index (χ1) is 10.1. The highest BCUT2D eigenvalue weighted by atomic mass is 16.5. The molecule has 1 aromatic carbocycles. The summed E-state index contributed by atoms with van der Waals surface area (Å²) in [5.74, 6) is -0.899. The normalized spacial score (nSPS) is 27.9. The van der Waals surface area contributed by atoms with E-state index in [4.69, 9.17) is 4.74 Å². The molecule has 2 aliphatic carbocycles. The van der Waals surface area contributed by atoms with Crippen molar-refractivity contribution in [3.8, 4) is 0 Å². The van der Waals surface area contributed by atoms with Crippen LogP contribution in [-0.4, -0.2) is 29.1 Å². The summed E-state index contributed by atoms with van der Waals surface area (Å²) in [6, 6.07) is 9.32. The van der Waals surface area contributed by atoms with Crippen molar-refractivity contribution < 1.29 is 19.4 Å². The van der Waals surface area contributed by atoms with E-state index < -0.39 is 17.5 Å². The molecule has 1 fully saturated rings. The highest BCUT2D eigenvalue weighted by Gasteiger charge is 2.56. The Morgan fingerprint density at radius 1 is 1.38 bits per heavy atom. The maximum Gasteiger partial charge on any atom is 0.334 e. The Hall–Kier alpha value is -1.94. The van der Waals surface area contributed by atoms with E-state index >= 15 is 0 Å². The smallest absolute Gasteiger partial charge is 0.334 e. The van der Waals surface area contributed by atoms with Crippen LogP contribution in [0.3, 0.4) is 0 Å². The molecule has 110 valence electrons. The van der Waals surface area contributed by atoms with Crippen LogP contribution in [0.2, 0.25) is 0 Å². The summed E-state index contributed by atoms with van der Waals surface area (Å²) in [4.78, 5) is 24.2. The van der Waals surface area contributed by atoms with Crippen molar-refractivity contribution in [1.29, 1.82) is 0 Å². The van der Waals surface area contributed by atoms with E-state index in [-0.39, 0.29) is 18.8 Å². The zero-order valence-electron chi connectivity index (χ0n) is 12.0. The summed E-state index contributed by atoms with van der Waals surface area (Å²) in [6.45, 7) is 2.03.